The van der Waals surface area contributed by atoms with Gasteiger partial charge >= 0.3 is 17.9 Å². The van der Waals surface area contributed by atoms with E-state index >= 15 is 0 Å². The van der Waals surface area contributed by atoms with Crippen LogP contribution in [-0.2, 0) is 28.5 Å². The van der Waals surface area contributed by atoms with Crippen molar-refractivity contribution in [3.63, 3.8) is 0 Å². The molecule has 0 saturated carbocycles. The van der Waals surface area contributed by atoms with Gasteiger partial charge in [0.15, 0.2) is 0 Å². The minimum Gasteiger partial charge on any atom is -0.478 e. The van der Waals surface area contributed by atoms with Crippen LogP contribution in [0.15, 0.2) is 70.2 Å². The highest BCUT2D eigenvalue weighted by molar-refractivity contribution is 9.10. The summed E-state index contributed by atoms with van der Waals surface area (Å²) < 4.78 is 22.4. The lowest BCUT2D eigenvalue weighted by Crippen LogP contribution is -2.41. The molecule has 26 nitrogen and oxygen atoms in total. The molecule has 0 unspecified atom stereocenters. The van der Waals surface area contributed by atoms with Gasteiger partial charge in [-0.3, -0.25) is 29.1 Å². The standard InChI is InChI=1S/C19H28N4O4.C15H20N4O4.C12H17BrN4O2.C6H5BrN2O2.CH4.BrH/c1-19(2,3)27-16(24)5-4-14-12-15(17(20)22-13-14)18(25)21-6-7-23-8-10-26-11-9-23;16-14-12(9-11(10-18-14)1-2-13(20)21)15(22)17-3-4-19-5-7-23-8-6-19;13-9-7-10(11(14)16-8-9)12(18)15-1-2-17-3-5-19-6-4-17;7-3-1-4(6(10)11)5(8)9-2-3;;/h4-5,12-13H,6-11H2,1-3H3,(H2,20,22)(H,21,25);1-2,9-10H,3-8H2,(H2,16,18)(H,17,22)(H,20,21);7-8H,1-6H2,(H2,14,16)(H,15,18);1-2H,(H2,8,9)(H,10,11);1H4;1H/b5-4+;2-1+;;;;. The van der Waals surface area contributed by atoms with Crippen molar-refractivity contribution in [2.75, 3.05) is 141 Å². The first-order valence-electron chi connectivity index (χ1n) is 25.2. The molecule has 3 fully saturated rings. The number of hydrogen-bond acceptors (Lipinski definition) is 21. The number of carboxylic acids is 2. The Morgan fingerprint density at radius 3 is 1.21 bits per heavy atom. The van der Waals surface area contributed by atoms with Crippen molar-refractivity contribution < 1.29 is 57.9 Å². The summed E-state index contributed by atoms with van der Waals surface area (Å²) in [5, 5.41) is 25.7. The van der Waals surface area contributed by atoms with Gasteiger partial charge in [-0.25, -0.2) is 34.3 Å². The van der Waals surface area contributed by atoms with Crippen LogP contribution in [0, 0.1) is 0 Å². The van der Waals surface area contributed by atoms with Gasteiger partial charge in [0.1, 0.15) is 34.4 Å². The molecular formula is C53H75Br3N14O12. The van der Waals surface area contributed by atoms with Crippen molar-refractivity contribution in [1.82, 2.24) is 50.6 Å². The zero-order valence-electron chi connectivity index (χ0n) is 45.2. The first kappa shape index (κ1) is 71.4. The summed E-state index contributed by atoms with van der Waals surface area (Å²) in [6.07, 6.45) is 11.1. The number of carboxylic acid groups (broad SMARTS) is 2. The molecule has 13 N–H and O–H groups in total. The van der Waals surface area contributed by atoms with Gasteiger partial charge in [-0.05, 0) is 100 Å². The highest BCUT2D eigenvalue weighted by Gasteiger charge is 2.18. The number of amides is 3. The number of carbonyl (C=O) groups excluding carboxylic acids is 4. The number of nitrogens with one attached hydrogen (secondary N) is 3. The van der Waals surface area contributed by atoms with Crippen LogP contribution in [0.5, 0.6) is 0 Å². The fourth-order valence-corrected chi connectivity index (χ4v) is 7.85. The first-order valence-corrected chi connectivity index (χ1v) is 26.8. The highest BCUT2D eigenvalue weighted by atomic mass is 79.9. The van der Waals surface area contributed by atoms with Crippen LogP contribution >= 0.6 is 48.8 Å². The smallest absolute Gasteiger partial charge is 0.339 e. The Labute approximate surface area is 504 Å². The number of esters is 1. The summed E-state index contributed by atoms with van der Waals surface area (Å²) >= 11 is 6.36. The van der Waals surface area contributed by atoms with Crippen LogP contribution in [0.25, 0.3) is 12.2 Å². The van der Waals surface area contributed by atoms with E-state index in [-0.39, 0.29) is 82.1 Å². The Morgan fingerprint density at radius 2 is 0.878 bits per heavy atom. The number of aromatic nitrogens is 4. The zero-order valence-corrected chi connectivity index (χ0v) is 50.1. The van der Waals surface area contributed by atoms with Crippen molar-refractivity contribution in [1.29, 1.82) is 0 Å². The van der Waals surface area contributed by atoms with Gasteiger partial charge in [-0.2, -0.15) is 0 Å². The van der Waals surface area contributed by atoms with E-state index in [1.165, 1.54) is 42.9 Å². The molecule has 0 radical (unpaired) electrons. The molecule has 3 aliphatic rings. The number of hydrogen-bond donors (Lipinski definition) is 9. The van der Waals surface area contributed by atoms with E-state index in [1.54, 1.807) is 45.2 Å². The summed E-state index contributed by atoms with van der Waals surface area (Å²) in [6.45, 7) is 18.9. The first-order chi connectivity index (χ1) is 38.1. The minimum atomic E-state index is -1.07. The number of aromatic carboxylic acids is 1. The van der Waals surface area contributed by atoms with E-state index in [9.17, 15) is 28.8 Å². The molecule has 82 heavy (non-hydrogen) atoms. The van der Waals surface area contributed by atoms with Crippen molar-refractivity contribution in [3.8, 4) is 0 Å². The SMILES string of the molecule is Br.C.CC(C)(C)OC(=O)/C=C/c1cnc(N)c(C(=O)NCCN2CCOCC2)c1.Nc1ncc(/C=C/C(=O)O)cc1C(=O)NCCN1CCOCC1.Nc1ncc(Br)cc1C(=O)NCCN1CCOCC1.Nc1ncc(Br)cc1C(=O)O. The Bertz CT molecular complexity index is 2770. The molecule has 3 saturated heterocycles. The second-order valence-electron chi connectivity index (χ2n) is 18.5. The van der Waals surface area contributed by atoms with Crippen LogP contribution in [0.3, 0.4) is 0 Å². The van der Waals surface area contributed by atoms with E-state index in [1.807, 2.05) is 0 Å². The summed E-state index contributed by atoms with van der Waals surface area (Å²) in [6, 6.07) is 6.20. The molecule has 3 aliphatic heterocycles. The van der Waals surface area contributed by atoms with Crippen molar-refractivity contribution in [2.24, 2.45) is 0 Å². The van der Waals surface area contributed by atoms with Crippen LogP contribution in [0.4, 0.5) is 23.3 Å². The number of ether oxygens (including phenoxy) is 4. The van der Waals surface area contributed by atoms with Crippen LogP contribution in [0.2, 0.25) is 0 Å². The number of morpholine rings is 3. The molecule has 4 aromatic rings. The van der Waals surface area contributed by atoms with Crippen LogP contribution in [0.1, 0.15) is 80.8 Å². The van der Waals surface area contributed by atoms with Gasteiger partial charge in [0.05, 0.1) is 56.3 Å². The van der Waals surface area contributed by atoms with E-state index in [0.29, 0.717) is 54.0 Å². The maximum absolute atomic E-state index is 12.4. The van der Waals surface area contributed by atoms with Gasteiger partial charge in [0.2, 0.25) is 0 Å². The molecular weight excluding hydrogens is 1260 g/mol. The van der Waals surface area contributed by atoms with Gasteiger partial charge < -0.3 is 68.0 Å². The lowest BCUT2D eigenvalue weighted by atomic mass is 10.1. The molecule has 0 bridgehead atoms. The van der Waals surface area contributed by atoms with E-state index in [0.717, 1.165) is 95.9 Å². The summed E-state index contributed by atoms with van der Waals surface area (Å²) in [4.78, 5) is 91.5. The topological polar surface area (TPSA) is 381 Å². The number of rotatable bonds is 17. The van der Waals surface area contributed by atoms with E-state index < -0.39 is 23.5 Å². The van der Waals surface area contributed by atoms with Gasteiger partial charge in [0, 0.05) is 124 Å². The average molecular weight is 1340 g/mol. The van der Waals surface area contributed by atoms with Gasteiger partial charge in [0.25, 0.3) is 17.7 Å². The Kier molecular flexibility index (Phi) is 32.6. The maximum atomic E-state index is 12.4. The normalized spacial score (nSPS) is 14.6. The highest BCUT2D eigenvalue weighted by Crippen LogP contribution is 2.18. The molecule has 29 heteroatoms. The quantitative estimate of drug-likeness (QED) is 0.0537. The number of anilines is 4. The van der Waals surface area contributed by atoms with Crippen LogP contribution in [-0.4, -0.2) is 204 Å². The van der Waals surface area contributed by atoms with Crippen molar-refractivity contribution in [3.05, 3.63) is 104 Å². The number of pyridine rings is 4. The summed E-state index contributed by atoms with van der Waals surface area (Å²) in [5.41, 5.74) is 24.0. The summed E-state index contributed by atoms with van der Waals surface area (Å²) in [5.74, 6) is -2.89. The fraction of sp³-hybridized carbons (Fsp3) is 0.434. The third-order valence-electron chi connectivity index (χ3n) is 11.3. The summed E-state index contributed by atoms with van der Waals surface area (Å²) in [7, 11) is 0. The Morgan fingerprint density at radius 1 is 0.561 bits per heavy atom. The second-order valence-corrected chi connectivity index (χ2v) is 20.4. The lowest BCUT2D eigenvalue weighted by molar-refractivity contribution is -0.148. The van der Waals surface area contributed by atoms with E-state index in [2.05, 4.69) is 82.4 Å². The van der Waals surface area contributed by atoms with Crippen LogP contribution < -0.4 is 38.9 Å². The van der Waals surface area contributed by atoms with Gasteiger partial charge in [-0.15, -0.1) is 17.0 Å². The third-order valence-corrected chi connectivity index (χ3v) is 12.2. The molecule has 7 rings (SSSR count). The van der Waals surface area contributed by atoms with Crippen molar-refractivity contribution in [2.45, 2.75) is 33.8 Å². The fourth-order valence-electron chi connectivity index (χ4n) is 7.19. The molecule has 0 aromatic carbocycles. The predicted octanol–water partition coefficient (Wildman–Crippen LogP) is 3.73. The molecule has 3 amide bonds. The van der Waals surface area contributed by atoms with E-state index in [4.69, 9.17) is 52.1 Å². The number of carbonyl (C=O) groups is 6. The monoisotopic (exact) mass is 1340 g/mol. The Balaban J connectivity index is 0.000000384. The third kappa shape index (κ3) is 27.4. The number of nitrogens with zero attached hydrogens (tertiary/aromatic N) is 7. The maximum Gasteiger partial charge on any atom is 0.339 e. The lowest BCUT2D eigenvalue weighted by Gasteiger charge is -2.26. The molecule has 4 aromatic heterocycles. The number of halogens is 3. The number of aliphatic carboxylic acids is 1. The largest absolute Gasteiger partial charge is 0.478 e. The number of nitrogen functional groups attached to an aromatic ring is 4. The predicted molar refractivity (Wildman–Crippen MR) is 324 cm³/mol. The molecule has 450 valence electrons. The zero-order chi connectivity index (χ0) is 58.6. The second kappa shape index (κ2) is 37.4. The molecule has 0 spiro atoms. The average Bonchev–Trinajstić information content (AvgIpc) is 3.47. The van der Waals surface area contributed by atoms with Gasteiger partial charge in [-0.1, -0.05) is 7.43 Å². The number of nitrogens with two attached hydrogens (primary N) is 4. The minimum absolute atomic E-state index is 0. The molecule has 7 heterocycles. The molecule has 0 aliphatic carbocycles. The molecule has 0 atom stereocenters. The Hall–Kier alpha value is -6.70. The van der Waals surface area contributed by atoms with Crippen molar-refractivity contribution >= 4 is 120 Å².